The maximum absolute atomic E-state index is 11.8. The highest BCUT2D eigenvalue weighted by atomic mass is 16.4. The lowest BCUT2D eigenvalue weighted by molar-refractivity contribution is -0.149. The molecule has 3 amide bonds. The van der Waals surface area contributed by atoms with Crippen molar-refractivity contribution in [2.75, 3.05) is 19.6 Å². The molecule has 1 aliphatic heterocycles. The van der Waals surface area contributed by atoms with Crippen molar-refractivity contribution in [3.05, 3.63) is 0 Å². The fraction of sp³-hybridized carbons (Fsp3) is 0.786. The van der Waals surface area contributed by atoms with Crippen molar-refractivity contribution in [1.82, 2.24) is 15.5 Å². The molecular formula is C14H21N3O4. The number of aliphatic carboxylic acids is 1. The van der Waals surface area contributed by atoms with Gasteiger partial charge in [-0.25, -0.2) is 4.79 Å². The number of likely N-dealkylation sites (tertiary alicyclic amines) is 1. The molecule has 3 rings (SSSR count). The lowest BCUT2D eigenvalue weighted by atomic mass is 9.81. The van der Waals surface area contributed by atoms with Crippen LogP contribution in [0, 0.1) is 11.3 Å². The maximum Gasteiger partial charge on any atom is 0.321 e. The van der Waals surface area contributed by atoms with Gasteiger partial charge in [0, 0.05) is 19.1 Å². The summed E-state index contributed by atoms with van der Waals surface area (Å²) in [6.45, 7) is 1.12. The van der Waals surface area contributed by atoms with Crippen LogP contribution in [-0.2, 0) is 9.59 Å². The van der Waals surface area contributed by atoms with Gasteiger partial charge in [-0.15, -0.1) is 0 Å². The minimum absolute atomic E-state index is 0.0869. The Morgan fingerprint density at radius 3 is 2.62 bits per heavy atom. The number of carbonyl (C=O) groups excluding carboxylic acids is 2. The van der Waals surface area contributed by atoms with Gasteiger partial charge < -0.3 is 10.4 Å². The van der Waals surface area contributed by atoms with Crippen molar-refractivity contribution in [1.29, 1.82) is 0 Å². The summed E-state index contributed by atoms with van der Waals surface area (Å²) in [6.07, 6.45) is 4.48. The minimum atomic E-state index is -0.751. The Kier molecular flexibility index (Phi) is 3.61. The normalized spacial score (nSPS) is 31.7. The van der Waals surface area contributed by atoms with Crippen LogP contribution in [0.1, 0.15) is 32.1 Å². The summed E-state index contributed by atoms with van der Waals surface area (Å²) >= 11 is 0. The molecule has 0 aromatic heterocycles. The number of amides is 3. The molecule has 0 bridgehead atoms. The molecule has 3 N–H and O–H groups in total. The first-order valence-corrected chi connectivity index (χ1v) is 7.56. The number of carbonyl (C=O) groups is 3. The Labute approximate surface area is 123 Å². The first kappa shape index (κ1) is 14.3. The van der Waals surface area contributed by atoms with Crippen molar-refractivity contribution >= 4 is 17.9 Å². The molecule has 7 nitrogen and oxygen atoms in total. The summed E-state index contributed by atoms with van der Waals surface area (Å²) in [5.41, 5.74) is -0.684. The summed E-state index contributed by atoms with van der Waals surface area (Å²) in [7, 11) is 0. The highest BCUT2D eigenvalue weighted by molar-refractivity contribution is 5.95. The van der Waals surface area contributed by atoms with Gasteiger partial charge in [0.25, 0.3) is 0 Å². The predicted octanol–water partition coefficient (Wildman–Crippen LogP) is 0.161. The fourth-order valence-corrected chi connectivity index (χ4v) is 3.68. The van der Waals surface area contributed by atoms with Crippen LogP contribution in [0.15, 0.2) is 0 Å². The molecule has 0 aromatic rings. The second-order valence-electron chi connectivity index (χ2n) is 6.52. The average molecular weight is 295 g/mol. The zero-order valence-electron chi connectivity index (χ0n) is 11.9. The van der Waals surface area contributed by atoms with Crippen molar-refractivity contribution in [2.45, 2.75) is 38.1 Å². The van der Waals surface area contributed by atoms with Gasteiger partial charge >= 0.3 is 12.0 Å². The number of fused-ring (bicyclic) bond motifs is 1. The number of hydrogen-bond donors (Lipinski definition) is 3. The highest BCUT2D eigenvalue weighted by Crippen LogP contribution is 2.48. The SMILES string of the molecule is O=C(CN1C[C@@H]2CCC[C@@]2(C(=O)O)C1)NC(=O)NC1CC1. The van der Waals surface area contributed by atoms with Gasteiger partial charge in [0.05, 0.1) is 12.0 Å². The van der Waals surface area contributed by atoms with Crippen LogP contribution in [0.5, 0.6) is 0 Å². The average Bonchev–Trinajstić information content (AvgIpc) is 2.97. The van der Waals surface area contributed by atoms with E-state index in [-0.39, 0.29) is 24.4 Å². The van der Waals surface area contributed by atoms with E-state index in [1.54, 1.807) is 0 Å². The molecule has 1 heterocycles. The zero-order valence-corrected chi connectivity index (χ0v) is 11.9. The molecule has 21 heavy (non-hydrogen) atoms. The van der Waals surface area contributed by atoms with Crippen molar-refractivity contribution in [2.24, 2.45) is 11.3 Å². The first-order chi connectivity index (χ1) is 9.99. The molecule has 2 atom stereocenters. The minimum Gasteiger partial charge on any atom is -0.481 e. The van der Waals surface area contributed by atoms with Gasteiger partial charge in [-0.2, -0.15) is 0 Å². The third-order valence-electron chi connectivity index (χ3n) is 4.90. The Bertz CT molecular complexity index is 477. The summed E-state index contributed by atoms with van der Waals surface area (Å²) in [4.78, 5) is 36.7. The summed E-state index contributed by atoms with van der Waals surface area (Å²) in [5, 5.41) is 14.5. The molecule has 3 aliphatic rings. The van der Waals surface area contributed by atoms with E-state index in [1.165, 1.54) is 0 Å². The van der Waals surface area contributed by atoms with Gasteiger partial charge in [-0.05, 0) is 31.6 Å². The Balaban J connectivity index is 1.51. The molecule has 0 radical (unpaired) electrons. The number of nitrogens with one attached hydrogen (secondary N) is 2. The molecule has 1 saturated heterocycles. The molecule has 2 saturated carbocycles. The van der Waals surface area contributed by atoms with Crippen LogP contribution in [-0.4, -0.2) is 53.6 Å². The van der Waals surface area contributed by atoms with E-state index in [0.717, 1.165) is 25.7 Å². The standard InChI is InChI=1S/C14H21N3O4/c18-11(16-13(21)15-10-3-4-10)7-17-6-9-2-1-5-14(9,8-17)12(19)20/h9-10H,1-8H2,(H,19,20)(H2,15,16,18,21)/t9-,14+/m0/s1. The van der Waals surface area contributed by atoms with E-state index in [2.05, 4.69) is 10.6 Å². The molecule has 2 aliphatic carbocycles. The van der Waals surface area contributed by atoms with E-state index in [4.69, 9.17) is 0 Å². The van der Waals surface area contributed by atoms with Gasteiger partial charge in [0.2, 0.25) is 5.91 Å². The third-order valence-corrected chi connectivity index (χ3v) is 4.90. The van der Waals surface area contributed by atoms with Crippen LogP contribution >= 0.6 is 0 Å². The largest absolute Gasteiger partial charge is 0.481 e. The summed E-state index contributed by atoms with van der Waals surface area (Å²) in [6, 6.07) is -0.242. The molecule has 0 aromatic carbocycles. The highest BCUT2D eigenvalue weighted by Gasteiger charge is 2.54. The lowest BCUT2D eigenvalue weighted by Gasteiger charge is -2.23. The fourth-order valence-electron chi connectivity index (χ4n) is 3.68. The second kappa shape index (κ2) is 5.29. The number of rotatable bonds is 4. The Hall–Kier alpha value is -1.63. The lowest BCUT2D eigenvalue weighted by Crippen LogP contribution is -2.45. The Morgan fingerprint density at radius 2 is 2.00 bits per heavy atom. The van der Waals surface area contributed by atoms with Crippen LogP contribution in [0.4, 0.5) is 4.79 Å². The molecular weight excluding hydrogens is 274 g/mol. The summed E-state index contributed by atoms with van der Waals surface area (Å²) in [5.74, 6) is -0.990. The first-order valence-electron chi connectivity index (χ1n) is 7.56. The zero-order chi connectivity index (χ0) is 15.0. The molecule has 0 unspecified atom stereocenters. The number of hydrogen-bond acceptors (Lipinski definition) is 4. The van der Waals surface area contributed by atoms with Crippen molar-refractivity contribution < 1.29 is 19.5 Å². The van der Waals surface area contributed by atoms with E-state index in [0.29, 0.717) is 19.5 Å². The van der Waals surface area contributed by atoms with E-state index in [1.807, 2.05) is 4.90 Å². The quantitative estimate of drug-likeness (QED) is 0.686. The second-order valence-corrected chi connectivity index (χ2v) is 6.52. The van der Waals surface area contributed by atoms with Crippen LogP contribution < -0.4 is 10.6 Å². The van der Waals surface area contributed by atoms with E-state index >= 15 is 0 Å². The molecule has 116 valence electrons. The van der Waals surface area contributed by atoms with Crippen LogP contribution in [0.3, 0.4) is 0 Å². The van der Waals surface area contributed by atoms with Gasteiger partial charge in [0.15, 0.2) is 0 Å². The van der Waals surface area contributed by atoms with Crippen LogP contribution in [0.25, 0.3) is 0 Å². The van der Waals surface area contributed by atoms with Crippen molar-refractivity contribution in [3.63, 3.8) is 0 Å². The summed E-state index contributed by atoms with van der Waals surface area (Å²) < 4.78 is 0. The topological polar surface area (TPSA) is 98.7 Å². The third kappa shape index (κ3) is 2.88. The number of urea groups is 1. The number of imide groups is 1. The molecule has 0 spiro atoms. The molecule has 7 heteroatoms. The molecule has 3 fully saturated rings. The van der Waals surface area contributed by atoms with Crippen LogP contribution in [0.2, 0.25) is 0 Å². The van der Waals surface area contributed by atoms with Gasteiger partial charge in [-0.1, -0.05) is 6.42 Å². The predicted molar refractivity (Wildman–Crippen MR) is 73.5 cm³/mol. The number of nitrogens with zero attached hydrogens (tertiary/aromatic N) is 1. The van der Waals surface area contributed by atoms with Crippen molar-refractivity contribution in [3.8, 4) is 0 Å². The smallest absolute Gasteiger partial charge is 0.321 e. The van der Waals surface area contributed by atoms with Gasteiger partial charge in [0.1, 0.15) is 0 Å². The maximum atomic E-state index is 11.8. The number of carboxylic acid groups (broad SMARTS) is 1. The van der Waals surface area contributed by atoms with Gasteiger partial charge in [-0.3, -0.25) is 19.8 Å². The van der Waals surface area contributed by atoms with E-state index < -0.39 is 17.4 Å². The number of carboxylic acids is 1. The van der Waals surface area contributed by atoms with E-state index in [9.17, 15) is 19.5 Å². The monoisotopic (exact) mass is 295 g/mol. The Morgan fingerprint density at radius 1 is 1.24 bits per heavy atom.